The molecule has 1 aromatic carbocycles. The fourth-order valence-electron chi connectivity index (χ4n) is 2.49. The summed E-state index contributed by atoms with van der Waals surface area (Å²) in [7, 11) is 0. The van der Waals surface area contributed by atoms with Crippen molar-refractivity contribution in [2.75, 3.05) is 32.8 Å². The molecule has 0 saturated carbocycles. The molecule has 0 aliphatic carbocycles. The van der Waals surface area contributed by atoms with Gasteiger partial charge in [-0.05, 0) is 18.9 Å². The summed E-state index contributed by atoms with van der Waals surface area (Å²) in [5.41, 5.74) is 1.13. The number of benzene rings is 1. The summed E-state index contributed by atoms with van der Waals surface area (Å²) in [6, 6.07) is 10.1. The third-order valence-corrected chi connectivity index (χ3v) is 4.02. The Morgan fingerprint density at radius 2 is 2.00 bits per heavy atom. The molecule has 0 spiro atoms. The Balaban J connectivity index is 1.74. The first-order chi connectivity index (χ1) is 10.1. The zero-order chi connectivity index (χ0) is 15.1. The third-order valence-electron chi connectivity index (χ3n) is 3.60. The lowest BCUT2D eigenvalue weighted by Gasteiger charge is -2.29. The molecular weight excluding hydrogens is 284 g/mol. The minimum absolute atomic E-state index is 0.00273. The van der Waals surface area contributed by atoms with Gasteiger partial charge in [0.1, 0.15) is 0 Å². The highest BCUT2D eigenvalue weighted by Gasteiger charge is 2.19. The van der Waals surface area contributed by atoms with Crippen LogP contribution >= 0.6 is 12.6 Å². The maximum Gasteiger partial charge on any atom is 0.233 e. The van der Waals surface area contributed by atoms with Crippen molar-refractivity contribution in [2.24, 2.45) is 0 Å². The quantitative estimate of drug-likeness (QED) is 0.780. The van der Waals surface area contributed by atoms with E-state index >= 15 is 0 Å². The largest absolute Gasteiger partial charge is 0.379 e. The van der Waals surface area contributed by atoms with Gasteiger partial charge in [-0.3, -0.25) is 9.69 Å². The van der Waals surface area contributed by atoms with Gasteiger partial charge >= 0.3 is 0 Å². The number of hydrogen-bond acceptors (Lipinski definition) is 4. The van der Waals surface area contributed by atoms with Crippen LogP contribution in [0, 0.1) is 0 Å². The molecule has 1 amide bonds. The van der Waals surface area contributed by atoms with Gasteiger partial charge in [-0.1, -0.05) is 30.3 Å². The number of rotatable bonds is 6. The standard InChI is InChI=1S/C16H24N2O2S/c1-13(12-18-7-9-20-10-8-18)17-16(19)15(21)11-14-5-3-2-4-6-14/h2-6,13,15,21H,7-12H2,1H3,(H,17,19). The molecule has 0 bridgehead atoms. The molecule has 1 heterocycles. The van der Waals surface area contributed by atoms with E-state index in [2.05, 4.69) is 22.8 Å². The zero-order valence-electron chi connectivity index (χ0n) is 12.5. The van der Waals surface area contributed by atoms with Crippen LogP contribution in [0.1, 0.15) is 12.5 Å². The minimum atomic E-state index is -0.306. The van der Waals surface area contributed by atoms with Crippen LogP contribution in [-0.4, -0.2) is 54.9 Å². The van der Waals surface area contributed by atoms with E-state index in [4.69, 9.17) is 4.74 Å². The lowest BCUT2D eigenvalue weighted by molar-refractivity contribution is -0.121. The second-order valence-corrected chi connectivity index (χ2v) is 6.15. The molecular formula is C16H24N2O2S. The van der Waals surface area contributed by atoms with Crippen molar-refractivity contribution < 1.29 is 9.53 Å². The number of carbonyl (C=O) groups is 1. The molecule has 2 atom stereocenters. The second kappa shape index (κ2) is 8.41. The van der Waals surface area contributed by atoms with E-state index < -0.39 is 0 Å². The van der Waals surface area contributed by atoms with E-state index in [0.717, 1.165) is 38.4 Å². The Hall–Kier alpha value is -1.04. The smallest absolute Gasteiger partial charge is 0.233 e. The van der Waals surface area contributed by atoms with Gasteiger partial charge in [0.25, 0.3) is 0 Å². The van der Waals surface area contributed by atoms with Crippen molar-refractivity contribution in [2.45, 2.75) is 24.6 Å². The normalized spacial score (nSPS) is 19.0. The van der Waals surface area contributed by atoms with Gasteiger partial charge in [0, 0.05) is 25.7 Å². The maximum absolute atomic E-state index is 12.2. The average molecular weight is 308 g/mol. The second-order valence-electron chi connectivity index (χ2n) is 5.53. The molecule has 2 rings (SSSR count). The van der Waals surface area contributed by atoms with Crippen molar-refractivity contribution in [3.8, 4) is 0 Å². The highest BCUT2D eigenvalue weighted by atomic mass is 32.1. The Kier molecular flexibility index (Phi) is 6.54. The molecule has 0 aromatic heterocycles. The molecule has 21 heavy (non-hydrogen) atoms. The molecule has 0 radical (unpaired) electrons. The first-order valence-corrected chi connectivity index (χ1v) is 7.99. The van der Waals surface area contributed by atoms with Crippen LogP contribution in [0.2, 0.25) is 0 Å². The van der Waals surface area contributed by atoms with Crippen LogP contribution in [-0.2, 0) is 16.0 Å². The Labute approximate surface area is 132 Å². The van der Waals surface area contributed by atoms with E-state index in [1.807, 2.05) is 37.3 Å². The predicted molar refractivity (Wildman–Crippen MR) is 87.8 cm³/mol. The van der Waals surface area contributed by atoms with Gasteiger partial charge in [-0.2, -0.15) is 12.6 Å². The van der Waals surface area contributed by atoms with Gasteiger partial charge in [-0.15, -0.1) is 0 Å². The summed E-state index contributed by atoms with van der Waals surface area (Å²) < 4.78 is 5.33. The summed E-state index contributed by atoms with van der Waals surface area (Å²) in [4.78, 5) is 14.5. The molecule has 1 fully saturated rings. The van der Waals surface area contributed by atoms with Crippen molar-refractivity contribution in [1.29, 1.82) is 0 Å². The lowest BCUT2D eigenvalue weighted by Crippen LogP contribution is -2.47. The topological polar surface area (TPSA) is 41.6 Å². The van der Waals surface area contributed by atoms with Crippen molar-refractivity contribution >= 4 is 18.5 Å². The molecule has 1 aliphatic heterocycles. The van der Waals surface area contributed by atoms with Gasteiger partial charge in [0.15, 0.2) is 0 Å². The van der Waals surface area contributed by atoms with Gasteiger partial charge < -0.3 is 10.1 Å². The SMILES string of the molecule is CC(CN1CCOCC1)NC(=O)C(S)Cc1ccccc1. The zero-order valence-corrected chi connectivity index (χ0v) is 13.4. The number of carbonyl (C=O) groups excluding carboxylic acids is 1. The molecule has 2 unspecified atom stereocenters. The van der Waals surface area contributed by atoms with E-state index in [1.165, 1.54) is 0 Å². The van der Waals surface area contributed by atoms with Crippen LogP contribution in [0.15, 0.2) is 30.3 Å². The first kappa shape index (κ1) is 16.3. The molecule has 4 nitrogen and oxygen atoms in total. The van der Waals surface area contributed by atoms with Crippen molar-refractivity contribution in [1.82, 2.24) is 10.2 Å². The summed E-state index contributed by atoms with van der Waals surface area (Å²) in [5, 5.41) is 2.74. The van der Waals surface area contributed by atoms with Crippen molar-refractivity contribution in [3.63, 3.8) is 0 Å². The van der Waals surface area contributed by atoms with Crippen LogP contribution in [0.25, 0.3) is 0 Å². The molecule has 1 aromatic rings. The first-order valence-electron chi connectivity index (χ1n) is 7.47. The van der Waals surface area contributed by atoms with E-state index in [-0.39, 0.29) is 17.2 Å². The number of morpholine rings is 1. The Bertz CT molecular complexity index is 435. The van der Waals surface area contributed by atoms with Crippen LogP contribution in [0.3, 0.4) is 0 Å². The number of hydrogen-bond donors (Lipinski definition) is 2. The minimum Gasteiger partial charge on any atom is -0.379 e. The van der Waals surface area contributed by atoms with Gasteiger partial charge in [0.2, 0.25) is 5.91 Å². The summed E-state index contributed by atoms with van der Waals surface area (Å²) >= 11 is 4.43. The monoisotopic (exact) mass is 308 g/mol. The fourth-order valence-corrected chi connectivity index (χ4v) is 2.77. The van der Waals surface area contributed by atoms with Crippen LogP contribution < -0.4 is 5.32 Å². The van der Waals surface area contributed by atoms with E-state index in [1.54, 1.807) is 0 Å². The molecule has 1 saturated heterocycles. The molecule has 1 N–H and O–H groups in total. The molecule has 1 aliphatic rings. The highest BCUT2D eigenvalue weighted by Crippen LogP contribution is 2.08. The highest BCUT2D eigenvalue weighted by molar-refractivity contribution is 7.81. The van der Waals surface area contributed by atoms with E-state index in [9.17, 15) is 4.79 Å². The molecule has 5 heteroatoms. The lowest BCUT2D eigenvalue weighted by atomic mass is 10.1. The Morgan fingerprint density at radius 1 is 1.33 bits per heavy atom. The molecule has 116 valence electrons. The summed E-state index contributed by atoms with van der Waals surface area (Å²) in [6.07, 6.45) is 0.653. The predicted octanol–water partition coefficient (Wildman–Crippen LogP) is 1.36. The third kappa shape index (κ3) is 5.69. The summed E-state index contributed by atoms with van der Waals surface area (Å²) in [6.45, 7) is 6.34. The van der Waals surface area contributed by atoms with E-state index in [0.29, 0.717) is 6.42 Å². The van der Waals surface area contributed by atoms with Gasteiger partial charge in [0.05, 0.1) is 18.5 Å². The number of amides is 1. The van der Waals surface area contributed by atoms with Crippen LogP contribution in [0.5, 0.6) is 0 Å². The number of thiol groups is 1. The number of nitrogens with one attached hydrogen (secondary N) is 1. The maximum atomic E-state index is 12.2. The summed E-state index contributed by atoms with van der Waals surface area (Å²) in [5.74, 6) is 0.00273. The van der Waals surface area contributed by atoms with Crippen LogP contribution in [0.4, 0.5) is 0 Å². The number of nitrogens with zero attached hydrogens (tertiary/aromatic N) is 1. The Morgan fingerprint density at radius 3 is 2.67 bits per heavy atom. The van der Waals surface area contributed by atoms with Gasteiger partial charge in [-0.25, -0.2) is 0 Å². The fraction of sp³-hybridized carbons (Fsp3) is 0.562. The number of ether oxygens (including phenoxy) is 1. The average Bonchev–Trinajstić information content (AvgIpc) is 2.49. The van der Waals surface area contributed by atoms with Crippen molar-refractivity contribution in [3.05, 3.63) is 35.9 Å².